The minimum absolute atomic E-state index is 0. The number of morpholine rings is 1. The Balaban J connectivity index is 0.00000196. The van der Waals surface area contributed by atoms with Gasteiger partial charge in [-0.2, -0.15) is 0 Å². The van der Waals surface area contributed by atoms with E-state index in [1.807, 2.05) is 12.3 Å². The zero-order chi connectivity index (χ0) is 17.5. The highest BCUT2D eigenvalue weighted by atomic mass is 16.5. The van der Waals surface area contributed by atoms with Crippen molar-refractivity contribution in [3.63, 3.8) is 0 Å². The van der Waals surface area contributed by atoms with E-state index in [2.05, 4.69) is 40.8 Å². The zero-order valence-electron chi connectivity index (χ0n) is 15.4. The van der Waals surface area contributed by atoms with Crippen LogP contribution in [-0.2, 0) is 16.0 Å². The number of carbonyl (C=O) groups is 1. The Bertz CT molecular complexity index is 619. The smallest absolute Gasteiger partial charge is 0.255 e. The quantitative estimate of drug-likeness (QED) is 0.829. The summed E-state index contributed by atoms with van der Waals surface area (Å²) in [6, 6.07) is 6.37. The molecule has 2 spiro atoms. The third-order valence-corrected chi connectivity index (χ3v) is 6.03. The molecule has 0 bridgehead atoms. The number of carbonyl (C=O) groups excluding carboxylic acids is 1. The van der Waals surface area contributed by atoms with Gasteiger partial charge in [-0.1, -0.05) is 13.5 Å². The molecule has 0 N–H and O–H groups in total. The maximum absolute atomic E-state index is 12.7. The molecule has 0 radical (unpaired) electrons. The lowest BCUT2D eigenvalue weighted by atomic mass is 9.87. The molecule has 3 aliphatic rings. The van der Waals surface area contributed by atoms with E-state index in [1.54, 1.807) is 0 Å². The van der Waals surface area contributed by atoms with E-state index in [0.717, 1.165) is 64.0 Å². The molecule has 0 unspecified atom stereocenters. The largest absolute Gasteiger partial charge is 0.357 e. The summed E-state index contributed by atoms with van der Waals surface area (Å²) < 4.78 is 6.49. The van der Waals surface area contributed by atoms with Crippen LogP contribution in [0.4, 0.5) is 0 Å². The van der Waals surface area contributed by atoms with Crippen LogP contribution in [0.3, 0.4) is 0 Å². The molecule has 5 heteroatoms. The standard InChI is InChI=1S/C20H29N3O2.CH4/c1-16(2)23-15-19(25-20(7-8-20)18(23)24)9-13-22(14-10-19)12-6-17-5-3-4-11-21-17;/h3-5,11,16H,6-10,12-15H2,1-2H3;1H4. The van der Waals surface area contributed by atoms with Crippen molar-refractivity contribution in [3.05, 3.63) is 30.1 Å². The normalized spacial score (nSPS) is 24.1. The Morgan fingerprint density at radius 2 is 1.92 bits per heavy atom. The first kappa shape index (κ1) is 19.3. The van der Waals surface area contributed by atoms with Gasteiger partial charge >= 0.3 is 0 Å². The molecule has 2 aliphatic heterocycles. The van der Waals surface area contributed by atoms with Gasteiger partial charge in [-0.3, -0.25) is 9.78 Å². The van der Waals surface area contributed by atoms with Gasteiger partial charge in [0.2, 0.25) is 0 Å². The number of ether oxygens (including phenoxy) is 1. The topological polar surface area (TPSA) is 45.7 Å². The van der Waals surface area contributed by atoms with Crippen LogP contribution >= 0.6 is 0 Å². The molecule has 144 valence electrons. The van der Waals surface area contributed by atoms with Gasteiger partial charge in [-0.25, -0.2) is 0 Å². The highest BCUT2D eigenvalue weighted by Crippen LogP contribution is 2.50. The van der Waals surface area contributed by atoms with Gasteiger partial charge in [0.1, 0.15) is 5.60 Å². The van der Waals surface area contributed by atoms with Crippen LogP contribution in [0.25, 0.3) is 0 Å². The van der Waals surface area contributed by atoms with Crippen LogP contribution in [0.2, 0.25) is 0 Å². The van der Waals surface area contributed by atoms with Gasteiger partial charge in [0.25, 0.3) is 5.91 Å². The number of piperidine rings is 1. The molecule has 26 heavy (non-hydrogen) atoms. The number of hydrogen-bond donors (Lipinski definition) is 0. The highest BCUT2D eigenvalue weighted by molar-refractivity contribution is 5.89. The number of likely N-dealkylation sites (tertiary alicyclic amines) is 1. The molecule has 1 saturated carbocycles. The molecule has 5 nitrogen and oxygen atoms in total. The number of amides is 1. The van der Waals surface area contributed by atoms with E-state index in [4.69, 9.17) is 4.74 Å². The molecule has 1 aromatic rings. The monoisotopic (exact) mass is 359 g/mol. The molecule has 0 aromatic carbocycles. The molecular weight excluding hydrogens is 326 g/mol. The van der Waals surface area contributed by atoms with Crippen molar-refractivity contribution in [2.24, 2.45) is 0 Å². The molecule has 3 fully saturated rings. The van der Waals surface area contributed by atoms with Gasteiger partial charge < -0.3 is 14.5 Å². The zero-order valence-corrected chi connectivity index (χ0v) is 15.4. The maximum atomic E-state index is 12.7. The summed E-state index contributed by atoms with van der Waals surface area (Å²) in [6.07, 6.45) is 6.71. The lowest BCUT2D eigenvalue weighted by Gasteiger charge is -2.51. The molecule has 3 heterocycles. The van der Waals surface area contributed by atoms with Crippen molar-refractivity contribution in [1.82, 2.24) is 14.8 Å². The minimum Gasteiger partial charge on any atom is -0.357 e. The molecule has 1 aliphatic carbocycles. The van der Waals surface area contributed by atoms with Crippen molar-refractivity contribution >= 4 is 5.91 Å². The van der Waals surface area contributed by atoms with Gasteiger partial charge in [-0.05, 0) is 51.7 Å². The lowest BCUT2D eigenvalue weighted by Crippen LogP contribution is -2.64. The van der Waals surface area contributed by atoms with Crippen LogP contribution in [0.5, 0.6) is 0 Å². The summed E-state index contributed by atoms with van der Waals surface area (Å²) in [5, 5.41) is 0. The highest BCUT2D eigenvalue weighted by Gasteiger charge is 2.62. The molecule has 0 atom stereocenters. The van der Waals surface area contributed by atoms with Crippen molar-refractivity contribution in [3.8, 4) is 0 Å². The number of hydrogen-bond acceptors (Lipinski definition) is 4. The summed E-state index contributed by atoms with van der Waals surface area (Å²) in [7, 11) is 0. The Morgan fingerprint density at radius 3 is 2.50 bits per heavy atom. The predicted octanol–water partition coefficient (Wildman–Crippen LogP) is 2.89. The van der Waals surface area contributed by atoms with Gasteiger partial charge in [0, 0.05) is 44.0 Å². The van der Waals surface area contributed by atoms with E-state index >= 15 is 0 Å². The number of aromatic nitrogens is 1. The molecular formula is C21H33N3O2. The maximum Gasteiger partial charge on any atom is 0.255 e. The third kappa shape index (κ3) is 3.65. The average molecular weight is 360 g/mol. The van der Waals surface area contributed by atoms with E-state index in [1.165, 1.54) is 0 Å². The Hall–Kier alpha value is -1.46. The van der Waals surface area contributed by atoms with Gasteiger partial charge in [0.05, 0.1) is 12.1 Å². The van der Waals surface area contributed by atoms with Crippen molar-refractivity contribution < 1.29 is 9.53 Å². The average Bonchev–Trinajstić information content (AvgIpc) is 3.39. The van der Waals surface area contributed by atoms with Crippen LogP contribution < -0.4 is 0 Å². The summed E-state index contributed by atoms with van der Waals surface area (Å²) >= 11 is 0. The summed E-state index contributed by atoms with van der Waals surface area (Å²) in [5.41, 5.74) is 0.555. The van der Waals surface area contributed by atoms with Crippen molar-refractivity contribution in [2.75, 3.05) is 26.2 Å². The van der Waals surface area contributed by atoms with Gasteiger partial charge in [0.15, 0.2) is 0 Å². The van der Waals surface area contributed by atoms with Crippen molar-refractivity contribution in [1.29, 1.82) is 0 Å². The number of rotatable bonds is 4. The SMILES string of the molecule is C.CC(C)N1CC2(CCN(CCc3ccccn3)CC2)OC2(CC2)C1=O. The van der Waals surface area contributed by atoms with E-state index in [9.17, 15) is 4.79 Å². The third-order valence-electron chi connectivity index (χ3n) is 6.03. The van der Waals surface area contributed by atoms with Gasteiger partial charge in [-0.15, -0.1) is 0 Å². The minimum atomic E-state index is -0.474. The molecule has 1 amide bonds. The Labute approximate surface area is 157 Å². The molecule has 4 rings (SSSR count). The van der Waals surface area contributed by atoms with Crippen LogP contribution in [0, 0.1) is 0 Å². The van der Waals surface area contributed by atoms with Crippen LogP contribution in [0.1, 0.15) is 52.7 Å². The Kier molecular flexibility index (Phi) is 5.40. The second-order valence-electron chi connectivity index (χ2n) is 8.22. The summed E-state index contributed by atoms with van der Waals surface area (Å²) in [4.78, 5) is 21.7. The number of pyridine rings is 1. The van der Waals surface area contributed by atoms with E-state index in [-0.39, 0.29) is 25.0 Å². The predicted molar refractivity (Wildman–Crippen MR) is 103 cm³/mol. The fourth-order valence-corrected chi connectivity index (χ4v) is 4.24. The first-order valence-corrected chi connectivity index (χ1v) is 9.66. The first-order valence-electron chi connectivity index (χ1n) is 9.66. The summed E-state index contributed by atoms with van der Waals surface area (Å²) in [5.74, 6) is 0.228. The Morgan fingerprint density at radius 1 is 1.19 bits per heavy atom. The second-order valence-corrected chi connectivity index (χ2v) is 8.22. The van der Waals surface area contributed by atoms with Crippen LogP contribution in [-0.4, -0.2) is 64.1 Å². The fraction of sp³-hybridized carbons (Fsp3) is 0.714. The number of nitrogens with zero attached hydrogens (tertiary/aromatic N) is 3. The van der Waals surface area contributed by atoms with Crippen LogP contribution in [0.15, 0.2) is 24.4 Å². The molecule has 1 aromatic heterocycles. The second kappa shape index (κ2) is 7.28. The first-order chi connectivity index (χ1) is 12.0. The fourth-order valence-electron chi connectivity index (χ4n) is 4.24. The molecule has 2 saturated heterocycles. The summed E-state index contributed by atoms with van der Waals surface area (Å²) in [6.45, 7) is 8.14. The lowest BCUT2D eigenvalue weighted by molar-refractivity contribution is -0.203. The van der Waals surface area contributed by atoms with E-state index in [0.29, 0.717) is 0 Å². The van der Waals surface area contributed by atoms with Crippen molar-refractivity contribution in [2.45, 2.75) is 70.6 Å². The van der Waals surface area contributed by atoms with E-state index < -0.39 is 5.60 Å².